The van der Waals surface area contributed by atoms with E-state index in [9.17, 15) is 14.4 Å². The molecular weight excluding hydrogens is 901 g/mol. The lowest BCUT2D eigenvalue weighted by Crippen LogP contribution is -2.30. The first-order chi connectivity index (χ1) is 36.0. The minimum Gasteiger partial charge on any atom is -0.462 e. The topological polar surface area (TPSA) is 78.9 Å². The third kappa shape index (κ3) is 59.6. The molecule has 0 spiro atoms. The third-order valence-electron chi connectivity index (χ3n) is 13.7. The molecule has 0 saturated heterocycles. The van der Waals surface area contributed by atoms with Crippen LogP contribution in [0.1, 0.15) is 316 Å². The maximum Gasteiger partial charge on any atom is 0.306 e. The van der Waals surface area contributed by atoms with E-state index >= 15 is 0 Å². The fourth-order valence-corrected chi connectivity index (χ4v) is 8.98. The zero-order valence-electron chi connectivity index (χ0n) is 48.4. The SMILES string of the molecule is CC/C=C\C/C=C\C/C=C\C/C=C\CCC(=O)OCC(COC(=O)CCCCCCCCCCCCC/C=C\CCCCCCCCCC)OC(=O)CCCCCCCCCCC/C=C\CCCCCCCC. The van der Waals surface area contributed by atoms with Crippen LogP contribution in [0.5, 0.6) is 0 Å². The Morgan fingerprint density at radius 2 is 0.562 bits per heavy atom. The molecule has 0 radical (unpaired) electrons. The van der Waals surface area contributed by atoms with Crippen LogP contribution in [-0.2, 0) is 28.6 Å². The van der Waals surface area contributed by atoms with Gasteiger partial charge in [-0.05, 0) is 96.3 Å². The number of hydrogen-bond acceptors (Lipinski definition) is 6. The number of ether oxygens (including phenoxy) is 3. The van der Waals surface area contributed by atoms with Gasteiger partial charge in [-0.1, -0.05) is 273 Å². The lowest BCUT2D eigenvalue weighted by atomic mass is 10.0. The van der Waals surface area contributed by atoms with E-state index in [2.05, 4.69) is 87.6 Å². The smallest absolute Gasteiger partial charge is 0.306 e. The minimum atomic E-state index is -0.806. The Labute approximate surface area is 453 Å². The number of esters is 3. The summed E-state index contributed by atoms with van der Waals surface area (Å²) in [6, 6.07) is 0. The molecule has 0 aliphatic rings. The molecule has 0 aromatic rings. The second kappa shape index (κ2) is 61.4. The van der Waals surface area contributed by atoms with E-state index < -0.39 is 6.10 Å². The molecule has 0 rings (SSSR count). The Hall–Kier alpha value is -3.15. The molecule has 0 fully saturated rings. The van der Waals surface area contributed by atoms with Crippen molar-refractivity contribution < 1.29 is 28.6 Å². The van der Waals surface area contributed by atoms with Crippen molar-refractivity contribution >= 4 is 17.9 Å². The van der Waals surface area contributed by atoms with Gasteiger partial charge < -0.3 is 14.2 Å². The van der Waals surface area contributed by atoms with Gasteiger partial charge in [0.25, 0.3) is 0 Å². The van der Waals surface area contributed by atoms with Crippen molar-refractivity contribution in [2.45, 2.75) is 322 Å². The van der Waals surface area contributed by atoms with Crippen LogP contribution in [-0.4, -0.2) is 37.2 Å². The number of allylic oxidation sites excluding steroid dienone is 12. The summed E-state index contributed by atoms with van der Waals surface area (Å²) in [5.41, 5.74) is 0. The summed E-state index contributed by atoms with van der Waals surface area (Å²) < 4.78 is 16.8. The first kappa shape index (κ1) is 69.8. The quantitative estimate of drug-likeness (QED) is 0.0261. The monoisotopic (exact) mass is 1020 g/mol. The number of unbranched alkanes of at least 4 members (excludes halogenated alkanes) is 34. The third-order valence-corrected chi connectivity index (χ3v) is 13.7. The van der Waals surface area contributed by atoms with E-state index in [0.29, 0.717) is 19.3 Å². The molecular formula is C67H118O6. The van der Waals surface area contributed by atoms with E-state index in [1.165, 1.54) is 205 Å². The van der Waals surface area contributed by atoms with Crippen molar-refractivity contribution in [3.63, 3.8) is 0 Å². The molecule has 0 aliphatic carbocycles. The molecule has 6 heteroatoms. The Bertz CT molecular complexity index is 1360. The molecule has 0 amide bonds. The van der Waals surface area contributed by atoms with E-state index in [1.807, 2.05) is 6.08 Å². The fraction of sp³-hybridized carbons (Fsp3) is 0.776. The Kier molecular flexibility index (Phi) is 58.7. The van der Waals surface area contributed by atoms with E-state index in [-0.39, 0.29) is 37.5 Å². The Morgan fingerprint density at radius 3 is 0.918 bits per heavy atom. The summed E-state index contributed by atoms with van der Waals surface area (Å²) in [4.78, 5) is 38.2. The standard InChI is InChI=1S/C67H118O6/c1-4-7-10-13-16-19-22-25-27-29-31-32-33-34-36-37-39-42-45-48-51-54-57-60-66(69)72-63-64(62-71-65(68)59-56-53-50-47-44-41-24-21-18-15-12-9-6-3)73-67(70)61-58-55-52-49-46-43-40-38-35-30-28-26-23-20-17-14-11-8-5-2/h9,12,18,21,26,28-29,31,41,44,50,53,64H,4-8,10-11,13-17,19-20,22-25,27,30,32-40,42-43,45-49,51-52,54-63H2,1-3H3/b12-9-,21-18-,28-26-,31-29-,44-41-,53-50-. The Balaban J connectivity index is 4.34. The minimum absolute atomic E-state index is 0.0970. The van der Waals surface area contributed by atoms with Crippen LogP contribution in [0.4, 0.5) is 0 Å². The molecule has 0 heterocycles. The summed E-state index contributed by atoms with van der Waals surface area (Å²) in [7, 11) is 0. The first-order valence-electron chi connectivity index (χ1n) is 31.4. The van der Waals surface area contributed by atoms with Crippen LogP contribution in [0.2, 0.25) is 0 Å². The van der Waals surface area contributed by atoms with Crippen molar-refractivity contribution in [3.05, 3.63) is 72.9 Å². The largest absolute Gasteiger partial charge is 0.462 e. The fourth-order valence-electron chi connectivity index (χ4n) is 8.98. The molecule has 0 aromatic carbocycles. The molecule has 0 bridgehead atoms. The van der Waals surface area contributed by atoms with Crippen molar-refractivity contribution in [2.75, 3.05) is 13.2 Å². The van der Waals surface area contributed by atoms with Crippen LogP contribution < -0.4 is 0 Å². The average molecular weight is 1020 g/mol. The lowest BCUT2D eigenvalue weighted by Gasteiger charge is -2.18. The van der Waals surface area contributed by atoms with Gasteiger partial charge in [-0.2, -0.15) is 0 Å². The molecule has 1 atom stereocenters. The van der Waals surface area contributed by atoms with Crippen LogP contribution in [0, 0.1) is 0 Å². The van der Waals surface area contributed by atoms with Gasteiger partial charge in [-0.15, -0.1) is 0 Å². The highest BCUT2D eigenvalue weighted by molar-refractivity contribution is 5.71. The van der Waals surface area contributed by atoms with Crippen LogP contribution >= 0.6 is 0 Å². The van der Waals surface area contributed by atoms with Crippen molar-refractivity contribution in [3.8, 4) is 0 Å². The van der Waals surface area contributed by atoms with Gasteiger partial charge >= 0.3 is 17.9 Å². The summed E-state index contributed by atoms with van der Waals surface area (Å²) in [5, 5.41) is 0. The first-order valence-corrected chi connectivity index (χ1v) is 31.4. The summed E-state index contributed by atoms with van der Waals surface area (Å²) >= 11 is 0. The predicted octanol–water partition coefficient (Wildman–Crippen LogP) is 21.3. The second-order valence-corrected chi connectivity index (χ2v) is 20.9. The maximum absolute atomic E-state index is 12.9. The second-order valence-electron chi connectivity index (χ2n) is 20.9. The highest BCUT2D eigenvalue weighted by Crippen LogP contribution is 2.16. The highest BCUT2D eigenvalue weighted by atomic mass is 16.6. The predicted molar refractivity (Wildman–Crippen MR) is 316 cm³/mol. The molecule has 422 valence electrons. The van der Waals surface area contributed by atoms with Gasteiger partial charge in [0.05, 0.1) is 0 Å². The van der Waals surface area contributed by atoms with E-state index in [4.69, 9.17) is 14.2 Å². The lowest BCUT2D eigenvalue weighted by molar-refractivity contribution is -0.166. The van der Waals surface area contributed by atoms with Crippen molar-refractivity contribution in [1.82, 2.24) is 0 Å². The molecule has 6 nitrogen and oxygen atoms in total. The summed E-state index contributed by atoms with van der Waals surface area (Å²) in [6.07, 6.45) is 79.3. The molecule has 0 aliphatic heterocycles. The number of carbonyl (C=O) groups is 3. The van der Waals surface area contributed by atoms with Crippen molar-refractivity contribution in [1.29, 1.82) is 0 Å². The highest BCUT2D eigenvalue weighted by Gasteiger charge is 2.19. The zero-order valence-corrected chi connectivity index (χ0v) is 48.4. The molecule has 73 heavy (non-hydrogen) atoms. The van der Waals surface area contributed by atoms with E-state index in [1.54, 1.807) is 0 Å². The summed E-state index contributed by atoms with van der Waals surface area (Å²) in [6.45, 7) is 6.49. The van der Waals surface area contributed by atoms with E-state index in [0.717, 1.165) is 64.2 Å². The van der Waals surface area contributed by atoms with Gasteiger partial charge in [0.15, 0.2) is 6.10 Å². The molecule has 0 aromatic heterocycles. The molecule has 0 N–H and O–H groups in total. The number of hydrogen-bond donors (Lipinski definition) is 0. The van der Waals surface area contributed by atoms with Crippen LogP contribution in [0.15, 0.2) is 72.9 Å². The van der Waals surface area contributed by atoms with Gasteiger partial charge in [0, 0.05) is 19.3 Å². The molecule has 1 unspecified atom stereocenters. The zero-order chi connectivity index (χ0) is 52.9. The van der Waals surface area contributed by atoms with Crippen LogP contribution in [0.25, 0.3) is 0 Å². The van der Waals surface area contributed by atoms with Crippen molar-refractivity contribution in [2.24, 2.45) is 0 Å². The normalized spacial score (nSPS) is 12.5. The van der Waals surface area contributed by atoms with Gasteiger partial charge in [-0.3, -0.25) is 14.4 Å². The molecule has 0 saturated carbocycles. The number of rotatable bonds is 57. The van der Waals surface area contributed by atoms with Gasteiger partial charge in [-0.25, -0.2) is 0 Å². The van der Waals surface area contributed by atoms with Gasteiger partial charge in [0.1, 0.15) is 13.2 Å². The van der Waals surface area contributed by atoms with Crippen LogP contribution in [0.3, 0.4) is 0 Å². The summed E-state index contributed by atoms with van der Waals surface area (Å²) in [5.74, 6) is -0.973. The number of carbonyl (C=O) groups excluding carboxylic acids is 3. The maximum atomic E-state index is 12.9. The van der Waals surface area contributed by atoms with Gasteiger partial charge in [0.2, 0.25) is 0 Å². The average Bonchev–Trinajstić information content (AvgIpc) is 3.39. The Morgan fingerprint density at radius 1 is 0.288 bits per heavy atom.